The third-order valence-corrected chi connectivity index (χ3v) is 4.76. The lowest BCUT2D eigenvalue weighted by molar-refractivity contribution is 0.0954. The van der Waals surface area contributed by atoms with Crippen molar-refractivity contribution in [3.05, 3.63) is 71.5 Å². The first-order chi connectivity index (χ1) is 14.6. The Bertz CT molecular complexity index is 972. The maximum absolute atomic E-state index is 12.7. The summed E-state index contributed by atoms with van der Waals surface area (Å²) in [6.45, 7) is 8.17. The van der Waals surface area contributed by atoms with E-state index in [2.05, 4.69) is 46.6 Å². The first-order valence-electron chi connectivity index (χ1n) is 10.3. The van der Waals surface area contributed by atoms with E-state index in [0.29, 0.717) is 17.0 Å². The van der Waals surface area contributed by atoms with Gasteiger partial charge in [0, 0.05) is 24.3 Å². The monoisotopic (exact) mass is 404 g/mol. The van der Waals surface area contributed by atoms with Gasteiger partial charge in [-0.05, 0) is 37.5 Å². The van der Waals surface area contributed by atoms with Crippen molar-refractivity contribution in [3.63, 3.8) is 0 Å². The van der Waals surface area contributed by atoms with Crippen molar-refractivity contribution >= 4 is 17.8 Å². The van der Waals surface area contributed by atoms with E-state index in [1.165, 1.54) is 5.69 Å². The van der Waals surface area contributed by atoms with Crippen LogP contribution in [0.5, 0.6) is 0 Å². The van der Waals surface area contributed by atoms with Crippen molar-refractivity contribution in [2.45, 2.75) is 33.6 Å². The zero-order valence-electron chi connectivity index (χ0n) is 17.8. The number of aromatic nitrogens is 1. The van der Waals surface area contributed by atoms with Crippen LogP contribution in [0.3, 0.4) is 0 Å². The molecule has 6 nitrogen and oxygen atoms in total. The fourth-order valence-electron chi connectivity index (χ4n) is 3.33. The second kappa shape index (κ2) is 10.4. The van der Waals surface area contributed by atoms with Crippen LogP contribution in [0.25, 0.3) is 11.3 Å². The lowest BCUT2D eigenvalue weighted by atomic mass is 10.1. The van der Waals surface area contributed by atoms with Gasteiger partial charge in [-0.3, -0.25) is 4.79 Å². The van der Waals surface area contributed by atoms with Crippen LogP contribution >= 0.6 is 0 Å². The van der Waals surface area contributed by atoms with Gasteiger partial charge in [0.05, 0.1) is 6.21 Å². The Morgan fingerprint density at radius 1 is 1.07 bits per heavy atom. The van der Waals surface area contributed by atoms with E-state index in [9.17, 15) is 4.79 Å². The van der Waals surface area contributed by atoms with E-state index in [-0.39, 0.29) is 5.91 Å². The third-order valence-electron chi connectivity index (χ3n) is 4.76. The van der Waals surface area contributed by atoms with Crippen LogP contribution in [0, 0.1) is 6.92 Å². The summed E-state index contributed by atoms with van der Waals surface area (Å²) in [5.74, 6) is 0.107. The molecular weight excluding hydrogens is 376 g/mol. The Morgan fingerprint density at radius 3 is 2.37 bits per heavy atom. The van der Waals surface area contributed by atoms with E-state index in [1.807, 2.05) is 42.5 Å². The zero-order valence-corrected chi connectivity index (χ0v) is 17.8. The van der Waals surface area contributed by atoms with Crippen molar-refractivity contribution < 1.29 is 9.32 Å². The molecule has 0 saturated heterocycles. The Balaban J connectivity index is 1.68. The van der Waals surface area contributed by atoms with Gasteiger partial charge in [-0.1, -0.05) is 61.5 Å². The molecule has 0 aliphatic rings. The molecule has 0 aliphatic carbocycles. The molecule has 0 aliphatic heterocycles. The molecule has 0 unspecified atom stereocenters. The summed E-state index contributed by atoms with van der Waals surface area (Å²) >= 11 is 0. The van der Waals surface area contributed by atoms with E-state index in [4.69, 9.17) is 4.52 Å². The SMILES string of the molecule is CCCN(CCC)c1ccc(/C=N\NC(=O)c2c(-c3ccccc3)noc2C)cc1. The van der Waals surface area contributed by atoms with Crippen LogP contribution < -0.4 is 10.3 Å². The van der Waals surface area contributed by atoms with Crippen LogP contribution in [0.4, 0.5) is 5.69 Å². The second-order valence-electron chi connectivity index (χ2n) is 7.11. The summed E-state index contributed by atoms with van der Waals surface area (Å²) in [5.41, 5.74) is 6.42. The maximum Gasteiger partial charge on any atom is 0.277 e. The normalized spacial score (nSPS) is 11.0. The summed E-state index contributed by atoms with van der Waals surface area (Å²) in [5, 5.41) is 8.15. The van der Waals surface area contributed by atoms with Crippen molar-refractivity contribution in [2.75, 3.05) is 18.0 Å². The van der Waals surface area contributed by atoms with Gasteiger partial charge >= 0.3 is 0 Å². The molecule has 0 bridgehead atoms. The third kappa shape index (κ3) is 5.14. The number of hydrogen-bond acceptors (Lipinski definition) is 5. The summed E-state index contributed by atoms with van der Waals surface area (Å²) in [6, 6.07) is 17.7. The van der Waals surface area contributed by atoms with Crippen LogP contribution in [-0.4, -0.2) is 30.4 Å². The molecule has 1 N–H and O–H groups in total. The molecule has 30 heavy (non-hydrogen) atoms. The molecular formula is C24H28N4O2. The van der Waals surface area contributed by atoms with E-state index >= 15 is 0 Å². The molecule has 3 aromatic rings. The minimum Gasteiger partial charge on any atom is -0.372 e. The first kappa shape index (κ1) is 21.3. The van der Waals surface area contributed by atoms with Gasteiger partial charge in [0.1, 0.15) is 17.0 Å². The fraction of sp³-hybridized carbons (Fsp3) is 0.292. The molecule has 1 amide bonds. The Labute approximate surface area is 177 Å². The van der Waals surface area contributed by atoms with Crippen molar-refractivity contribution in [2.24, 2.45) is 5.10 Å². The molecule has 2 aromatic carbocycles. The molecule has 3 rings (SSSR count). The number of carbonyl (C=O) groups excluding carboxylic acids is 1. The standard InChI is InChI=1S/C24H28N4O2/c1-4-15-28(16-5-2)21-13-11-19(12-14-21)17-25-26-24(29)22-18(3)30-27-23(22)20-9-7-6-8-10-20/h6-14,17H,4-5,15-16H2,1-3H3,(H,26,29)/b25-17-. The molecule has 0 saturated carbocycles. The highest BCUT2D eigenvalue weighted by Crippen LogP contribution is 2.24. The number of rotatable bonds is 9. The highest BCUT2D eigenvalue weighted by Gasteiger charge is 2.21. The number of nitrogens with one attached hydrogen (secondary N) is 1. The van der Waals surface area contributed by atoms with Gasteiger partial charge in [-0.2, -0.15) is 5.10 Å². The van der Waals surface area contributed by atoms with Gasteiger partial charge in [0.25, 0.3) is 5.91 Å². The predicted octanol–water partition coefficient (Wildman–Crippen LogP) is 5.04. The molecule has 0 atom stereocenters. The molecule has 6 heteroatoms. The number of carbonyl (C=O) groups is 1. The summed E-state index contributed by atoms with van der Waals surface area (Å²) in [7, 11) is 0. The van der Waals surface area contributed by atoms with Crippen molar-refractivity contribution in [1.29, 1.82) is 0 Å². The van der Waals surface area contributed by atoms with Crippen molar-refractivity contribution in [1.82, 2.24) is 10.6 Å². The lowest BCUT2D eigenvalue weighted by Crippen LogP contribution is -2.24. The van der Waals surface area contributed by atoms with Crippen LogP contribution in [0.1, 0.15) is 48.4 Å². The number of hydrazone groups is 1. The van der Waals surface area contributed by atoms with Crippen LogP contribution in [-0.2, 0) is 0 Å². The van der Waals surface area contributed by atoms with Crippen LogP contribution in [0.2, 0.25) is 0 Å². The van der Waals surface area contributed by atoms with E-state index < -0.39 is 0 Å². The van der Waals surface area contributed by atoms with E-state index in [1.54, 1.807) is 13.1 Å². The Morgan fingerprint density at radius 2 is 1.73 bits per heavy atom. The van der Waals surface area contributed by atoms with Gasteiger partial charge in [0.15, 0.2) is 0 Å². The summed E-state index contributed by atoms with van der Waals surface area (Å²) in [4.78, 5) is 15.0. The topological polar surface area (TPSA) is 70.7 Å². The Kier molecular flexibility index (Phi) is 7.38. The fourth-order valence-corrected chi connectivity index (χ4v) is 3.33. The molecule has 156 valence electrons. The Hall–Kier alpha value is -3.41. The molecule has 0 spiro atoms. The number of aryl methyl sites for hydroxylation is 1. The lowest BCUT2D eigenvalue weighted by Gasteiger charge is -2.23. The second-order valence-corrected chi connectivity index (χ2v) is 7.11. The summed E-state index contributed by atoms with van der Waals surface area (Å²) in [6.07, 6.45) is 3.86. The van der Waals surface area contributed by atoms with Gasteiger partial charge in [0.2, 0.25) is 0 Å². The van der Waals surface area contributed by atoms with Gasteiger partial charge in [-0.15, -0.1) is 0 Å². The average molecular weight is 405 g/mol. The number of nitrogens with zero attached hydrogens (tertiary/aromatic N) is 3. The molecule has 0 fully saturated rings. The average Bonchev–Trinajstić information content (AvgIpc) is 3.16. The van der Waals surface area contributed by atoms with Gasteiger partial charge in [-0.25, -0.2) is 5.43 Å². The number of benzene rings is 2. The molecule has 1 heterocycles. The highest BCUT2D eigenvalue weighted by molar-refractivity contribution is 6.01. The predicted molar refractivity (Wildman–Crippen MR) is 121 cm³/mol. The number of anilines is 1. The largest absolute Gasteiger partial charge is 0.372 e. The highest BCUT2D eigenvalue weighted by atomic mass is 16.5. The first-order valence-corrected chi connectivity index (χ1v) is 10.3. The summed E-state index contributed by atoms with van der Waals surface area (Å²) < 4.78 is 5.24. The molecule has 0 radical (unpaired) electrons. The minimum absolute atomic E-state index is 0.350. The quantitative estimate of drug-likeness (QED) is 0.401. The minimum atomic E-state index is -0.350. The van der Waals surface area contributed by atoms with Crippen LogP contribution in [0.15, 0.2) is 64.2 Å². The smallest absolute Gasteiger partial charge is 0.277 e. The molecule has 1 aromatic heterocycles. The zero-order chi connectivity index (χ0) is 21.3. The number of amides is 1. The van der Waals surface area contributed by atoms with Crippen molar-refractivity contribution in [3.8, 4) is 11.3 Å². The van der Waals surface area contributed by atoms with E-state index in [0.717, 1.165) is 37.1 Å². The number of hydrogen-bond donors (Lipinski definition) is 1. The van der Waals surface area contributed by atoms with Gasteiger partial charge < -0.3 is 9.42 Å². The maximum atomic E-state index is 12.7.